The van der Waals surface area contributed by atoms with Crippen LogP contribution in [0.25, 0.3) is 17.1 Å². The molecular weight excluding hydrogens is 704 g/mol. The van der Waals surface area contributed by atoms with Crippen LogP contribution in [-0.2, 0) is 20.9 Å². The molecule has 0 spiro atoms. The van der Waals surface area contributed by atoms with Gasteiger partial charge in [-0.05, 0) is 66.3 Å². The second-order valence-electron chi connectivity index (χ2n) is 14.9. The van der Waals surface area contributed by atoms with E-state index in [1.54, 1.807) is 42.6 Å². The SMILES string of the molecule is CC(C)(C)[C@H](N)C(=O)N1C[C@@H](CC(=O)O)C[C@H]1C(=O)NCc1ccc(-n2cc(NC(=O)c3coc(-c4ccnc(NCC5CC5)c4)n3)c(C(F)F)n2)cc1. The summed E-state index contributed by atoms with van der Waals surface area (Å²) < 4.78 is 34.8. The number of nitrogens with zero attached hydrogens (tertiary/aromatic N) is 5. The van der Waals surface area contributed by atoms with Gasteiger partial charge in [0, 0.05) is 37.8 Å². The van der Waals surface area contributed by atoms with Gasteiger partial charge in [-0.25, -0.2) is 23.4 Å². The van der Waals surface area contributed by atoms with E-state index in [1.165, 1.54) is 28.6 Å². The van der Waals surface area contributed by atoms with Gasteiger partial charge < -0.3 is 36.1 Å². The Bertz CT molecular complexity index is 2000. The van der Waals surface area contributed by atoms with Crippen LogP contribution >= 0.6 is 0 Å². The van der Waals surface area contributed by atoms with Gasteiger partial charge in [-0.1, -0.05) is 32.9 Å². The number of rotatable bonds is 14. The number of hydrogen-bond donors (Lipinski definition) is 5. The van der Waals surface area contributed by atoms with E-state index in [0.717, 1.165) is 12.8 Å². The van der Waals surface area contributed by atoms with Gasteiger partial charge in [0.1, 0.15) is 18.1 Å². The van der Waals surface area contributed by atoms with Crippen molar-refractivity contribution in [1.29, 1.82) is 0 Å². The minimum Gasteiger partial charge on any atom is -0.481 e. The number of benzene rings is 1. The van der Waals surface area contributed by atoms with Gasteiger partial charge in [0.25, 0.3) is 12.3 Å². The standard InChI is InChI=1S/C37H43F2N9O6/c1-37(2,3)31(40)36(53)47-17-22(13-29(49)50)12-27(47)34(52)43-16-21-6-8-24(9-7-21)48-18-25(30(46-48)32(38)39)44-33(51)26-19-54-35(45-26)23-10-11-41-28(14-23)42-15-20-4-5-20/h6-11,14,18-20,22,27,31-32H,4-5,12-13,15-17,40H2,1-3H3,(H,41,42)(H,43,52)(H,44,51)(H,49,50)/t22-,27+,31-/m1/s1. The minimum absolute atomic E-state index is 0.0761. The normalized spacial score (nSPS) is 17.7. The molecule has 0 bridgehead atoms. The van der Waals surface area contributed by atoms with Crippen LogP contribution in [-0.4, -0.2) is 78.6 Å². The van der Waals surface area contributed by atoms with E-state index in [0.29, 0.717) is 28.6 Å². The van der Waals surface area contributed by atoms with Crippen LogP contribution in [0.15, 0.2) is 59.5 Å². The lowest BCUT2D eigenvalue weighted by Gasteiger charge is -2.32. The number of amides is 3. The highest BCUT2D eigenvalue weighted by Crippen LogP contribution is 2.31. The molecule has 1 aliphatic heterocycles. The van der Waals surface area contributed by atoms with E-state index in [4.69, 9.17) is 10.2 Å². The number of likely N-dealkylation sites (tertiary alicyclic amines) is 1. The Morgan fingerprint density at radius 1 is 1.09 bits per heavy atom. The van der Waals surface area contributed by atoms with Crippen LogP contribution in [0.2, 0.25) is 0 Å². The smallest absolute Gasteiger partial charge is 0.303 e. The van der Waals surface area contributed by atoms with Gasteiger partial charge in [-0.3, -0.25) is 19.2 Å². The number of carboxylic acid groups (broad SMARTS) is 1. The zero-order valence-corrected chi connectivity index (χ0v) is 30.1. The van der Waals surface area contributed by atoms with Crippen LogP contribution in [0.3, 0.4) is 0 Å². The molecule has 0 unspecified atom stereocenters. The number of anilines is 2. The predicted molar refractivity (Wildman–Crippen MR) is 193 cm³/mol. The lowest BCUT2D eigenvalue weighted by Crippen LogP contribution is -2.54. The van der Waals surface area contributed by atoms with Gasteiger partial charge in [-0.15, -0.1) is 0 Å². The van der Waals surface area contributed by atoms with Crippen LogP contribution in [0, 0.1) is 17.3 Å². The van der Waals surface area contributed by atoms with Crippen molar-refractivity contribution in [1.82, 2.24) is 30.0 Å². The Labute approximate surface area is 309 Å². The van der Waals surface area contributed by atoms with E-state index < -0.39 is 59.2 Å². The molecule has 1 saturated heterocycles. The fourth-order valence-corrected chi connectivity index (χ4v) is 6.14. The van der Waals surface area contributed by atoms with E-state index >= 15 is 0 Å². The quantitative estimate of drug-likeness (QED) is 0.120. The third-order valence-corrected chi connectivity index (χ3v) is 9.51. The molecule has 4 heterocycles. The van der Waals surface area contributed by atoms with Gasteiger partial charge >= 0.3 is 5.97 Å². The third kappa shape index (κ3) is 9.07. The number of nitrogens with one attached hydrogen (secondary N) is 3. The molecule has 2 aliphatic rings. The number of pyridine rings is 1. The number of nitrogens with two attached hydrogens (primary N) is 1. The maximum Gasteiger partial charge on any atom is 0.303 e. The summed E-state index contributed by atoms with van der Waals surface area (Å²) in [4.78, 5) is 61.0. The van der Waals surface area contributed by atoms with Crippen molar-refractivity contribution >= 4 is 35.2 Å². The van der Waals surface area contributed by atoms with Crippen molar-refractivity contribution < 1.29 is 37.5 Å². The molecule has 3 atom stereocenters. The molecule has 3 amide bonds. The third-order valence-electron chi connectivity index (χ3n) is 9.51. The van der Waals surface area contributed by atoms with E-state index in [-0.39, 0.29) is 43.2 Å². The van der Waals surface area contributed by atoms with Gasteiger partial charge in [0.15, 0.2) is 11.4 Å². The number of carbonyl (C=O) groups excluding carboxylic acids is 3. The van der Waals surface area contributed by atoms with Crippen LogP contribution < -0.4 is 21.7 Å². The van der Waals surface area contributed by atoms with Crippen molar-refractivity contribution in [2.75, 3.05) is 23.7 Å². The number of alkyl halides is 2. The van der Waals surface area contributed by atoms with Crippen molar-refractivity contribution in [3.8, 4) is 17.1 Å². The number of oxazole rings is 1. The summed E-state index contributed by atoms with van der Waals surface area (Å²) in [6.07, 6.45) is 3.38. The molecule has 286 valence electrons. The molecule has 1 aliphatic carbocycles. The molecule has 15 nitrogen and oxygen atoms in total. The summed E-state index contributed by atoms with van der Waals surface area (Å²) >= 11 is 0. The Kier molecular flexibility index (Phi) is 11.1. The summed E-state index contributed by atoms with van der Waals surface area (Å²) in [5.41, 5.74) is 6.32. The van der Waals surface area contributed by atoms with Crippen molar-refractivity contribution in [3.63, 3.8) is 0 Å². The van der Waals surface area contributed by atoms with E-state index in [9.17, 15) is 33.1 Å². The molecular formula is C37H43F2N9O6. The minimum atomic E-state index is -3.00. The molecule has 6 N–H and O–H groups in total. The van der Waals surface area contributed by atoms with Crippen LogP contribution in [0.1, 0.15) is 74.6 Å². The predicted octanol–water partition coefficient (Wildman–Crippen LogP) is 4.62. The number of aromatic nitrogens is 4. The molecule has 0 radical (unpaired) electrons. The number of carboxylic acids is 1. The fourth-order valence-electron chi connectivity index (χ4n) is 6.14. The topological polar surface area (TPSA) is 211 Å². The molecule has 6 rings (SSSR count). The maximum atomic E-state index is 14.0. The molecule has 3 aromatic heterocycles. The lowest BCUT2D eigenvalue weighted by molar-refractivity contribution is -0.141. The first-order valence-electron chi connectivity index (χ1n) is 17.7. The molecule has 2 fully saturated rings. The highest BCUT2D eigenvalue weighted by molar-refractivity contribution is 6.03. The Morgan fingerprint density at radius 3 is 2.50 bits per heavy atom. The summed E-state index contributed by atoms with van der Waals surface area (Å²) in [6.45, 7) is 6.44. The maximum absolute atomic E-state index is 14.0. The number of hydrogen-bond acceptors (Lipinski definition) is 10. The van der Waals surface area contributed by atoms with Crippen LogP contribution in [0.4, 0.5) is 20.3 Å². The second-order valence-corrected chi connectivity index (χ2v) is 14.9. The fraction of sp³-hybridized carbons (Fsp3) is 0.432. The van der Waals surface area contributed by atoms with Gasteiger partial charge in [0.2, 0.25) is 17.7 Å². The summed E-state index contributed by atoms with van der Waals surface area (Å²) in [5, 5.41) is 21.9. The summed E-state index contributed by atoms with van der Waals surface area (Å²) in [5.74, 6) is -1.59. The van der Waals surface area contributed by atoms with Crippen molar-refractivity contribution in [3.05, 3.63) is 72.0 Å². The van der Waals surface area contributed by atoms with E-state index in [2.05, 4.69) is 31.0 Å². The molecule has 54 heavy (non-hydrogen) atoms. The zero-order chi connectivity index (χ0) is 38.7. The Balaban J connectivity index is 1.09. The molecule has 1 aromatic carbocycles. The molecule has 17 heteroatoms. The van der Waals surface area contributed by atoms with Gasteiger partial charge in [0.05, 0.1) is 23.6 Å². The molecule has 1 saturated carbocycles. The number of halogens is 2. The highest BCUT2D eigenvalue weighted by Gasteiger charge is 2.43. The van der Waals surface area contributed by atoms with Crippen molar-refractivity contribution in [2.45, 2.75) is 71.5 Å². The first-order valence-corrected chi connectivity index (χ1v) is 17.7. The molecule has 4 aromatic rings. The van der Waals surface area contributed by atoms with E-state index in [1.807, 2.05) is 20.8 Å². The van der Waals surface area contributed by atoms with Gasteiger partial charge in [-0.2, -0.15) is 5.10 Å². The number of aliphatic carboxylic acids is 1. The highest BCUT2D eigenvalue weighted by atomic mass is 19.3. The Morgan fingerprint density at radius 2 is 1.83 bits per heavy atom. The lowest BCUT2D eigenvalue weighted by atomic mass is 9.86. The number of carbonyl (C=O) groups is 4. The average Bonchev–Trinajstić information content (AvgIpc) is 3.47. The summed E-state index contributed by atoms with van der Waals surface area (Å²) in [6, 6.07) is 8.23. The second kappa shape index (κ2) is 15.7. The van der Waals surface area contributed by atoms with Crippen LogP contribution in [0.5, 0.6) is 0 Å². The Hall–Kier alpha value is -5.71. The first-order chi connectivity index (χ1) is 25.7. The zero-order valence-electron chi connectivity index (χ0n) is 30.1. The monoisotopic (exact) mass is 747 g/mol. The summed E-state index contributed by atoms with van der Waals surface area (Å²) in [7, 11) is 0. The average molecular weight is 748 g/mol. The first kappa shape index (κ1) is 38.0. The largest absolute Gasteiger partial charge is 0.481 e. The van der Waals surface area contributed by atoms with Crippen molar-refractivity contribution in [2.24, 2.45) is 23.0 Å².